The van der Waals surface area contributed by atoms with Crippen LogP contribution in [0.2, 0.25) is 0 Å². The monoisotopic (exact) mass is 269 g/mol. The molecule has 0 bridgehead atoms. The Morgan fingerprint density at radius 3 is 2.17 bits per heavy atom. The van der Waals surface area contributed by atoms with E-state index in [1.807, 2.05) is 0 Å². The fourth-order valence-corrected chi connectivity index (χ4v) is 1.34. The topological polar surface area (TPSA) is 75.4 Å². The minimum atomic E-state index is -4.84. The van der Waals surface area contributed by atoms with E-state index in [1.54, 1.807) is 0 Å². The third-order valence-electron chi connectivity index (χ3n) is 2.62. The van der Waals surface area contributed by atoms with E-state index in [2.05, 4.69) is 5.32 Å². The lowest BCUT2D eigenvalue weighted by molar-refractivity contribution is -0.193. The van der Waals surface area contributed by atoms with Gasteiger partial charge in [0, 0.05) is 20.6 Å². The summed E-state index contributed by atoms with van der Waals surface area (Å²) in [4.78, 5) is 23.6. The van der Waals surface area contributed by atoms with Gasteiger partial charge >= 0.3 is 6.18 Å². The highest BCUT2D eigenvalue weighted by atomic mass is 19.4. The van der Waals surface area contributed by atoms with Gasteiger partial charge in [-0.3, -0.25) is 9.59 Å². The van der Waals surface area contributed by atoms with E-state index in [0.717, 1.165) is 4.90 Å². The van der Waals surface area contributed by atoms with Crippen molar-refractivity contribution in [3.8, 4) is 0 Å². The molecule has 3 N–H and O–H groups in total. The molecule has 0 aliphatic carbocycles. The van der Waals surface area contributed by atoms with Gasteiger partial charge in [0.15, 0.2) is 5.54 Å². The number of hydrogen-bond acceptors (Lipinski definition) is 3. The van der Waals surface area contributed by atoms with Crippen molar-refractivity contribution in [1.82, 2.24) is 10.2 Å². The standard InChI is InChI=1S/C10H18F3N3O2/c1-6(7(17)15-3)5-16(4)8(18)9(2,14)10(11,12)13/h6H,5,14H2,1-4H3,(H,15,17). The zero-order valence-corrected chi connectivity index (χ0v) is 10.8. The average molecular weight is 269 g/mol. The van der Waals surface area contributed by atoms with Crippen molar-refractivity contribution in [2.75, 3.05) is 20.6 Å². The van der Waals surface area contributed by atoms with Crippen LogP contribution in [0.3, 0.4) is 0 Å². The second-order valence-corrected chi connectivity index (χ2v) is 4.40. The number of halogens is 3. The predicted molar refractivity (Wildman–Crippen MR) is 59.5 cm³/mol. The Kier molecular flexibility index (Phi) is 5.15. The summed E-state index contributed by atoms with van der Waals surface area (Å²) in [6, 6.07) is 0. The van der Waals surface area contributed by atoms with Gasteiger partial charge in [-0.1, -0.05) is 6.92 Å². The molecule has 0 aromatic heterocycles. The van der Waals surface area contributed by atoms with Crippen LogP contribution < -0.4 is 11.1 Å². The van der Waals surface area contributed by atoms with E-state index in [0.29, 0.717) is 6.92 Å². The number of nitrogens with zero attached hydrogens (tertiary/aromatic N) is 1. The van der Waals surface area contributed by atoms with E-state index >= 15 is 0 Å². The van der Waals surface area contributed by atoms with E-state index in [4.69, 9.17) is 5.73 Å². The molecule has 0 saturated heterocycles. The Balaban J connectivity index is 4.77. The first kappa shape index (κ1) is 16.7. The second-order valence-electron chi connectivity index (χ2n) is 4.40. The number of carbonyl (C=O) groups is 2. The van der Waals surface area contributed by atoms with Gasteiger partial charge in [-0.15, -0.1) is 0 Å². The van der Waals surface area contributed by atoms with Gasteiger partial charge in [-0.25, -0.2) is 0 Å². The van der Waals surface area contributed by atoms with Crippen molar-refractivity contribution in [1.29, 1.82) is 0 Å². The Morgan fingerprint density at radius 2 is 1.83 bits per heavy atom. The third kappa shape index (κ3) is 3.59. The molecule has 2 amide bonds. The number of likely N-dealkylation sites (N-methyl/N-ethyl adjacent to an activating group) is 1. The molecule has 18 heavy (non-hydrogen) atoms. The molecule has 0 rings (SSSR count). The van der Waals surface area contributed by atoms with Gasteiger partial charge in [-0.2, -0.15) is 13.2 Å². The molecule has 0 fully saturated rings. The van der Waals surface area contributed by atoms with Gasteiger partial charge in [0.1, 0.15) is 0 Å². The molecule has 0 spiro atoms. The first-order valence-electron chi connectivity index (χ1n) is 5.28. The summed E-state index contributed by atoms with van der Waals surface area (Å²) in [5, 5.41) is 2.35. The summed E-state index contributed by atoms with van der Waals surface area (Å²) < 4.78 is 37.7. The fraction of sp³-hybridized carbons (Fsp3) is 0.800. The first-order chi connectivity index (χ1) is 7.95. The number of carbonyl (C=O) groups excluding carboxylic acids is 2. The zero-order chi connectivity index (χ0) is 14.7. The molecule has 0 aliphatic heterocycles. The van der Waals surface area contributed by atoms with Crippen molar-refractivity contribution in [2.24, 2.45) is 11.7 Å². The Hall–Kier alpha value is -1.31. The first-order valence-corrected chi connectivity index (χ1v) is 5.28. The Morgan fingerprint density at radius 1 is 1.39 bits per heavy atom. The summed E-state index contributed by atoms with van der Waals surface area (Å²) in [7, 11) is 2.59. The number of alkyl halides is 3. The van der Waals surface area contributed by atoms with Gasteiger partial charge in [0.05, 0.1) is 5.92 Å². The lowest BCUT2D eigenvalue weighted by atomic mass is 10.0. The van der Waals surface area contributed by atoms with Gasteiger partial charge in [-0.05, 0) is 6.92 Å². The van der Waals surface area contributed by atoms with E-state index in [1.165, 1.54) is 21.0 Å². The largest absolute Gasteiger partial charge is 0.415 e. The van der Waals surface area contributed by atoms with Crippen LogP contribution in [0, 0.1) is 5.92 Å². The van der Waals surface area contributed by atoms with Crippen LogP contribution in [-0.4, -0.2) is 49.1 Å². The highest BCUT2D eigenvalue weighted by Crippen LogP contribution is 2.29. The van der Waals surface area contributed by atoms with Crippen molar-refractivity contribution in [2.45, 2.75) is 25.6 Å². The number of nitrogens with two attached hydrogens (primary N) is 1. The third-order valence-corrected chi connectivity index (χ3v) is 2.62. The van der Waals surface area contributed by atoms with Crippen molar-refractivity contribution in [3.63, 3.8) is 0 Å². The van der Waals surface area contributed by atoms with Crippen LogP contribution in [0.4, 0.5) is 13.2 Å². The SMILES string of the molecule is CNC(=O)C(C)CN(C)C(=O)C(C)(N)C(F)(F)F. The fourth-order valence-electron chi connectivity index (χ4n) is 1.34. The average Bonchev–Trinajstić information content (AvgIpc) is 2.24. The molecule has 2 atom stereocenters. The lowest BCUT2D eigenvalue weighted by Crippen LogP contribution is -2.62. The molecule has 2 unspecified atom stereocenters. The molecule has 0 heterocycles. The van der Waals surface area contributed by atoms with Gasteiger partial charge in [0.25, 0.3) is 5.91 Å². The molecule has 5 nitrogen and oxygen atoms in total. The molecular weight excluding hydrogens is 251 g/mol. The maximum Gasteiger partial charge on any atom is 0.415 e. The van der Waals surface area contributed by atoms with Crippen LogP contribution in [-0.2, 0) is 9.59 Å². The summed E-state index contributed by atoms with van der Waals surface area (Å²) >= 11 is 0. The number of rotatable bonds is 4. The maximum atomic E-state index is 12.6. The van der Waals surface area contributed by atoms with Crippen molar-refractivity contribution >= 4 is 11.8 Å². The van der Waals surface area contributed by atoms with Crippen LogP contribution in [0.15, 0.2) is 0 Å². The normalized spacial score (nSPS) is 16.7. The highest BCUT2D eigenvalue weighted by molar-refractivity contribution is 5.87. The van der Waals surface area contributed by atoms with Crippen molar-refractivity contribution in [3.05, 3.63) is 0 Å². The van der Waals surface area contributed by atoms with Crippen molar-refractivity contribution < 1.29 is 22.8 Å². The summed E-state index contributed by atoms with van der Waals surface area (Å²) in [5.74, 6) is -2.25. The summed E-state index contributed by atoms with van der Waals surface area (Å²) in [6.07, 6.45) is -4.84. The maximum absolute atomic E-state index is 12.6. The van der Waals surface area contributed by atoms with E-state index in [9.17, 15) is 22.8 Å². The minimum absolute atomic E-state index is 0.138. The lowest BCUT2D eigenvalue weighted by Gasteiger charge is -2.31. The Bertz CT molecular complexity index is 329. The molecule has 106 valence electrons. The van der Waals surface area contributed by atoms with Gasteiger partial charge < -0.3 is 16.0 Å². The molecule has 0 aromatic rings. The summed E-state index contributed by atoms with van der Waals surface area (Å²) in [6.45, 7) is 1.97. The molecule has 8 heteroatoms. The summed E-state index contributed by atoms with van der Waals surface area (Å²) in [5.41, 5.74) is 2.05. The highest BCUT2D eigenvalue weighted by Gasteiger charge is 2.55. The number of amides is 2. The second kappa shape index (κ2) is 5.55. The van der Waals surface area contributed by atoms with Crippen LogP contribution >= 0.6 is 0 Å². The van der Waals surface area contributed by atoms with Gasteiger partial charge in [0.2, 0.25) is 5.91 Å². The van der Waals surface area contributed by atoms with Crippen LogP contribution in [0.25, 0.3) is 0 Å². The molecule has 0 aromatic carbocycles. The molecule has 0 aliphatic rings. The minimum Gasteiger partial charge on any atom is -0.359 e. The van der Waals surface area contributed by atoms with Crippen LogP contribution in [0.5, 0.6) is 0 Å². The van der Waals surface area contributed by atoms with E-state index in [-0.39, 0.29) is 12.5 Å². The van der Waals surface area contributed by atoms with Crippen LogP contribution in [0.1, 0.15) is 13.8 Å². The molecular formula is C10H18F3N3O2. The van der Waals surface area contributed by atoms with E-state index < -0.39 is 23.5 Å². The zero-order valence-electron chi connectivity index (χ0n) is 10.8. The smallest absolute Gasteiger partial charge is 0.359 e. The predicted octanol–water partition coefficient (Wildman–Crippen LogP) is 0.107. The molecule has 0 saturated carbocycles. The molecule has 0 radical (unpaired) electrons. The number of hydrogen-bond donors (Lipinski definition) is 2. The number of nitrogens with one attached hydrogen (secondary N) is 1. The quantitative estimate of drug-likeness (QED) is 0.760. The Labute approximate surface area is 103 Å².